The first-order chi connectivity index (χ1) is 6.50. The van der Waals surface area contributed by atoms with E-state index in [1.165, 1.54) is 19.2 Å². The lowest BCUT2D eigenvalue weighted by molar-refractivity contribution is -0.140. The summed E-state index contributed by atoms with van der Waals surface area (Å²) in [5.74, 6) is -1.04. The average Bonchev–Trinajstić information content (AvgIpc) is 2.10. The van der Waals surface area contributed by atoms with Crippen molar-refractivity contribution in [3.63, 3.8) is 0 Å². The molecule has 0 unspecified atom stereocenters. The molecular weight excluding hydrogens is 182 g/mol. The maximum atomic E-state index is 10.6. The molecule has 0 aliphatic rings. The van der Waals surface area contributed by atoms with Crippen molar-refractivity contribution in [3.05, 3.63) is 12.2 Å². The minimum absolute atomic E-state index is 0.534. The van der Waals surface area contributed by atoms with E-state index < -0.39 is 11.5 Å². The molecule has 0 spiro atoms. The summed E-state index contributed by atoms with van der Waals surface area (Å²) >= 11 is 0. The fourth-order valence-electron chi connectivity index (χ4n) is 0.759. The van der Waals surface area contributed by atoms with Gasteiger partial charge in [0.05, 0.1) is 0 Å². The van der Waals surface area contributed by atoms with Crippen LogP contribution >= 0.6 is 0 Å². The van der Waals surface area contributed by atoms with Crippen LogP contribution in [-0.2, 0) is 4.79 Å². The number of hydrogen-bond acceptors (Lipinski definition) is 4. The van der Waals surface area contributed by atoms with Crippen LogP contribution in [0.4, 0.5) is 0 Å². The van der Waals surface area contributed by atoms with Gasteiger partial charge in [0.2, 0.25) is 0 Å². The van der Waals surface area contributed by atoms with Gasteiger partial charge in [-0.1, -0.05) is 12.2 Å². The van der Waals surface area contributed by atoms with E-state index in [-0.39, 0.29) is 0 Å². The van der Waals surface area contributed by atoms with Crippen molar-refractivity contribution in [2.45, 2.75) is 18.9 Å². The first-order valence-electron chi connectivity index (χ1n) is 4.40. The molecular formula is C9H17N3O2. The van der Waals surface area contributed by atoms with Crippen molar-refractivity contribution in [1.29, 1.82) is 5.41 Å². The summed E-state index contributed by atoms with van der Waals surface area (Å²) in [5.41, 5.74) is 4.17. The van der Waals surface area contributed by atoms with Crippen molar-refractivity contribution >= 4 is 12.2 Å². The summed E-state index contributed by atoms with van der Waals surface area (Å²) in [6.07, 6.45) is 5.18. The molecule has 0 amide bonds. The summed E-state index contributed by atoms with van der Waals surface area (Å²) in [4.78, 5) is 10.6. The Morgan fingerprint density at radius 2 is 2.36 bits per heavy atom. The topological polar surface area (TPSA) is 99.2 Å². The lowest BCUT2D eigenvalue weighted by atomic mass is 10.0. The van der Waals surface area contributed by atoms with Gasteiger partial charge in [-0.25, -0.2) is 4.79 Å². The summed E-state index contributed by atoms with van der Waals surface area (Å²) in [6, 6.07) is 0. The van der Waals surface area contributed by atoms with E-state index in [4.69, 9.17) is 16.2 Å². The highest BCUT2D eigenvalue weighted by atomic mass is 16.4. The Morgan fingerprint density at radius 1 is 1.71 bits per heavy atom. The lowest BCUT2D eigenvalue weighted by Gasteiger charge is -2.13. The van der Waals surface area contributed by atoms with Crippen LogP contribution < -0.4 is 11.1 Å². The van der Waals surface area contributed by atoms with Crippen LogP contribution in [0.15, 0.2) is 12.2 Å². The minimum atomic E-state index is -1.29. The van der Waals surface area contributed by atoms with E-state index in [9.17, 15) is 4.79 Å². The zero-order valence-electron chi connectivity index (χ0n) is 8.29. The van der Waals surface area contributed by atoms with Crippen molar-refractivity contribution in [2.24, 2.45) is 5.73 Å². The number of carboxylic acids is 1. The quantitative estimate of drug-likeness (QED) is 0.263. The first kappa shape index (κ1) is 12.8. The number of carbonyl (C=O) groups is 1. The maximum Gasteiger partial charge on any atom is 0.327 e. The number of aliphatic carboxylic acids is 1. The number of rotatable bonds is 7. The molecule has 0 bridgehead atoms. The van der Waals surface area contributed by atoms with E-state index in [0.29, 0.717) is 19.5 Å². The molecule has 0 aromatic heterocycles. The zero-order valence-corrected chi connectivity index (χ0v) is 8.29. The van der Waals surface area contributed by atoms with Crippen molar-refractivity contribution in [3.8, 4) is 0 Å². The fourth-order valence-corrected chi connectivity index (χ4v) is 0.759. The van der Waals surface area contributed by atoms with Gasteiger partial charge in [0.1, 0.15) is 5.54 Å². The van der Waals surface area contributed by atoms with Gasteiger partial charge in [-0.05, 0) is 19.9 Å². The zero-order chi connectivity index (χ0) is 11.0. The predicted molar refractivity (Wildman–Crippen MR) is 55.6 cm³/mol. The number of hydrogen-bond donors (Lipinski definition) is 4. The predicted octanol–water partition coefficient (Wildman–Crippen LogP) is -0.0261. The molecule has 1 atom stereocenters. The monoisotopic (exact) mass is 199 g/mol. The molecule has 0 aliphatic carbocycles. The number of carboxylic acid groups (broad SMARTS) is 1. The Balaban J connectivity index is 3.71. The highest BCUT2D eigenvalue weighted by molar-refractivity contribution is 5.80. The Hall–Kier alpha value is -1.20. The molecule has 0 aliphatic heterocycles. The first-order valence-corrected chi connectivity index (χ1v) is 4.40. The van der Waals surface area contributed by atoms with Gasteiger partial charge in [-0.15, -0.1) is 0 Å². The van der Waals surface area contributed by atoms with E-state index in [1.54, 1.807) is 6.08 Å². The van der Waals surface area contributed by atoms with Crippen LogP contribution in [0.1, 0.15) is 13.3 Å². The third-order valence-corrected chi connectivity index (χ3v) is 1.66. The molecule has 0 fully saturated rings. The fraction of sp³-hybridized carbons (Fsp3) is 0.556. The number of nitrogens with one attached hydrogen (secondary N) is 2. The minimum Gasteiger partial charge on any atom is -0.480 e. The van der Waals surface area contributed by atoms with Crippen molar-refractivity contribution < 1.29 is 9.90 Å². The standard InChI is InChI=1S/C9H17N3O2/c1-9(11,8(13)14)4-2-3-6-12-7-5-10/h2,4-5,10,12H,3,6-7,11H2,1H3,(H,13,14)/b4-2-,10-5?/t9-/m0/s1. The lowest BCUT2D eigenvalue weighted by Crippen LogP contribution is -2.42. The molecule has 0 heterocycles. The van der Waals surface area contributed by atoms with E-state index >= 15 is 0 Å². The van der Waals surface area contributed by atoms with E-state index in [2.05, 4.69) is 5.32 Å². The summed E-state index contributed by atoms with van der Waals surface area (Å²) < 4.78 is 0. The maximum absolute atomic E-state index is 10.6. The van der Waals surface area contributed by atoms with Gasteiger partial charge in [0.25, 0.3) is 0 Å². The Morgan fingerprint density at radius 3 is 2.86 bits per heavy atom. The Kier molecular flexibility index (Phi) is 5.74. The third kappa shape index (κ3) is 5.45. The van der Waals surface area contributed by atoms with Crippen LogP contribution in [0.5, 0.6) is 0 Å². The molecule has 0 radical (unpaired) electrons. The largest absolute Gasteiger partial charge is 0.480 e. The Labute approximate surface area is 83.5 Å². The van der Waals surface area contributed by atoms with Gasteiger partial charge in [0, 0.05) is 12.8 Å². The van der Waals surface area contributed by atoms with Crippen molar-refractivity contribution in [1.82, 2.24) is 5.32 Å². The van der Waals surface area contributed by atoms with Crippen LogP contribution in [0.3, 0.4) is 0 Å². The second-order valence-electron chi connectivity index (χ2n) is 3.19. The molecule has 0 aromatic carbocycles. The van der Waals surface area contributed by atoms with Gasteiger partial charge < -0.3 is 21.6 Å². The highest BCUT2D eigenvalue weighted by Gasteiger charge is 2.23. The van der Waals surface area contributed by atoms with Crippen LogP contribution in [0.2, 0.25) is 0 Å². The van der Waals surface area contributed by atoms with Gasteiger partial charge in [0.15, 0.2) is 0 Å². The molecule has 5 nitrogen and oxygen atoms in total. The van der Waals surface area contributed by atoms with E-state index in [1.807, 2.05) is 0 Å². The normalized spacial score (nSPS) is 15.3. The second-order valence-corrected chi connectivity index (χ2v) is 3.19. The summed E-state index contributed by atoms with van der Waals surface area (Å²) in [5, 5.41) is 18.4. The van der Waals surface area contributed by atoms with Crippen molar-refractivity contribution in [2.75, 3.05) is 13.1 Å². The van der Waals surface area contributed by atoms with E-state index in [0.717, 1.165) is 0 Å². The Bertz CT molecular complexity index is 224. The molecule has 0 saturated carbocycles. The second kappa shape index (κ2) is 6.28. The molecule has 0 saturated heterocycles. The van der Waals surface area contributed by atoms with Crippen LogP contribution in [0, 0.1) is 5.41 Å². The van der Waals surface area contributed by atoms with Gasteiger partial charge in [-0.2, -0.15) is 0 Å². The molecule has 14 heavy (non-hydrogen) atoms. The summed E-state index contributed by atoms with van der Waals surface area (Å²) in [6.45, 7) is 2.69. The SMILES string of the molecule is C[C@](N)(/C=C\CCNCC=N)C(=O)O. The molecule has 0 aromatic rings. The van der Waals surface area contributed by atoms with Crippen LogP contribution in [-0.4, -0.2) is 35.9 Å². The average molecular weight is 199 g/mol. The highest BCUT2D eigenvalue weighted by Crippen LogP contribution is 2.01. The smallest absolute Gasteiger partial charge is 0.327 e. The van der Waals surface area contributed by atoms with Crippen LogP contribution in [0.25, 0.3) is 0 Å². The summed E-state index contributed by atoms with van der Waals surface area (Å²) in [7, 11) is 0. The van der Waals surface area contributed by atoms with Gasteiger partial charge >= 0.3 is 5.97 Å². The molecule has 0 rings (SSSR count). The molecule has 80 valence electrons. The van der Waals surface area contributed by atoms with Gasteiger partial charge in [-0.3, -0.25) is 0 Å². The number of nitrogens with two attached hydrogens (primary N) is 1. The third-order valence-electron chi connectivity index (χ3n) is 1.66. The molecule has 5 heteroatoms. The molecule has 5 N–H and O–H groups in total.